The van der Waals surface area contributed by atoms with E-state index in [0.717, 1.165) is 11.3 Å². The number of anilines is 1. The molecule has 3 aromatic rings. The van der Waals surface area contributed by atoms with Gasteiger partial charge in [0, 0.05) is 12.2 Å². The lowest BCUT2D eigenvalue weighted by Crippen LogP contribution is -2.37. The predicted octanol–water partition coefficient (Wildman–Crippen LogP) is 3.80. The van der Waals surface area contributed by atoms with Crippen molar-refractivity contribution in [2.75, 3.05) is 11.9 Å². The first-order valence-electron chi connectivity index (χ1n) is 9.51. The third kappa shape index (κ3) is 5.97. The Morgan fingerprint density at radius 1 is 1.00 bits per heavy atom. The number of carbonyl (C=O) groups is 2. The van der Waals surface area contributed by atoms with E-state index in [4.69, 9.17) is 9.15 Å². The quantitative estimate of drug-likeness (QED) is 0.542. The van der Waals surface area contributed by atoms with Gasteiger partial charge in [-0.3, -0.25) is 4.79 Å². The highest BCUT2D eigenvalue weighted by Crippen LogP contribution is 2.18. The number of hydrogen-bond donors (Lipinski definition) is 2. The predicted molar refractivity (Wildman–Crippen MR) is 111 cm³/mol. The normalized spacial score (nSPS) is 11.5. The highest BCUT2D eigenvalue weighted by Gasteiger charge is 2.20. The summed E-state index contributed by atoms with van der Waals surface area (Å²) in [5.41, 5.74) is 2.11. The van der Waals surface area contributed by atoms with E-state index >= 15 is 0 Å². The number of para-hydroxylation sites is 1. The fourth-order valence-electron chi connectivity index (χ4n) is 2.81. The Kier molecular flexibility index (Phi) is 7.05. The standard InChI is InChI=1S/C23H24N2O4/c1-17(22(26)24-14-13-18-8-3-2-4-9-18)29-23(27)20-11-5-6-12-21(20)25-16-19-10-7-15-28-19/h2-12,15,17,25H,13-14,16H2,1H3,(H,24,26)/t17-/m1/s1. The van der Waals surface area contributed by atoms with Gasteiger partial charge in [0.1, 0.15) is 5.76 Å². The summed E-state index contributed by atoms with van der Waals surface area (Å²) in [5.74, 6) is -0.132. The molecular weight excluding hydrogens is 368 g/mol. The summed E-state index contributed by atoms with van der Waals surface area (Å²) < 4.78 is 10.7. The summed E-state index contributed by atoms with van der Waals surface area (Å²) in [7, 11) is 0. The molecule has 0 aliphatic rings. The molecule has 0 aliphatic carbocycles. The van der Waals surface area contributed by atoms with Crippen LogP contribution in [0.1, 0.15) is 28.6 Å². The molecule has 2 aromatic carbocycles. The van der Waals surface area contributed by atoms with Crippen LogP contribution in [0.5, 0.6) is 0 Å². The first kappa shape index (κ1) is 20.2. The first-order valence-corrected chi connectivity index (χ1v) is 9.51. The van der Waals surface area contributed by atoms with Crippen LogP contribution in [0.25, 0.3) is 0 Å². The molecule has 6 nitrogen and oxygen atoms in total. The smallest absolute Gasteiger partial charge is 0.341 e. The summed E-state index contributed by atoms with van der Waals surface area (Å²) in [6.45, 7) is 2.48. The van der Waals surface area contributed by atoms with Crippen molar-refractivity contribution in [1.82, 2.24) is 5.32 Å². The molecule has 0 saturated heterocycles. The van der Waals surface area contributed by atoms with Gasteiger partial charge in [0.2, 0.25) is 0 Å². The minimum absolute atomic E-state index is 0.324. The summed E-state index contributed by atoms with van der Waals surface area (Å²) in [6, 6.07) is 20.5. The van der Waals surface area contributed by atoms with E-state index in [2.05, 4.69) is 10.6 Å². The van der Waals surface area contributed by atoms with E-state index in [0.29, 0.717) is 30.8 Å². The van der Waals surface area contributed by atoms with Crippen LogP contribution in [0.15, 0.2) is 77.4 Å². The van der Waals surface area contributed by atoms with Crippen LogP contribution in [0.4, 0.5) is 5.69 Å². The van der Waals surface area contributed by atoms with Gasteiger partial charge in [0.15, 0.2) is 6.10 Å². The van der Waals surface area contributed by atoms with Crippen molar-refractivity contribution in [3.8, 4) is 0 Å². The highest BCUT2D eigenvalue weighted by molar-refractivity contribution is 5.97. The number of rotatable bonds is 9. The number of hydrogen-bond acceptors (Lipinski definition) is 5. The van der Waals surface area contributed by atoms with Gasteiger partial charge in [0.25, 0.3) is 5.91 Å². The van der Waals surface area contributed by atoms with Gasteiger partial charge < -0.3 is 19.8 Å². The van der Waals surface area contributed by atoms with Gasteiger partial charge >= 0.3 is 5.97 Å². The highest BCUT2D eigenvalue weighted by atomic mass is 16.5. The Labute approximate surface area is 169 Å². The molecule has 1 amide bonds. The van der Waals surface area contributed by atoms with Gasteiger partial charge in [-0.15, -0.1) is 0 Å². The number of carbonyl (C=O) groups excluding carboxylic acids is 2. The second-order valence-electron chi connectivity index (χ2n) is 6.55. The van der Waals surface area contributed by atoms with Crippen LogP contribution in [0.3, 0.4) is 0 Å². The molecule has 0 fully saturated rings. The number of nitrogens with one attached hydrogen (secondary N) is 2. The zero-order valence-corrected chi connectivity index (χ0v) is 16.3. The molecular formula is C23H24N2O4. The van der Waals surface area contributed by atoms with Crippen molar-refractivity contribution < 1.29 is 18.7 Å². The van der Waals surface area contributed by atoms with Crippen LogP contribution >= 0.6 is 0 Å². The average Bonchev–Trinajstić information content (AvgIpc) is 3.26. The molecule has 29 heavy (non-hydrogen) atoms. The van der Waals surface area contributed by atoms with Gasteiger partial charge in [-0.1, -0.05) is 42.5 Å². The number of furan rings is 1. The summed E-state index contributed by atoms with van der Waals surface area (Å²) in [5, 5.41) is 5.96. The van der Waals surface area contributed by atoms with Crippen molar-refractivity contribution in [2.24, 2.45) is 0 Å². The van der Waals surface area contributed by atoms with Crippen molar-refractivity contribution in [2.45, 2.75) is 26.0 Å². The maximum absolute atomic E-state index is 12.6. The van der Waals surface area contributed by atoms with E-state index in [1.54, 1.807) is 37.5 Å². The van der Waals surface area contributed by atoms with Crippen LogP contribution < -0.4 is 10.6 Å². The van der Waals surface area contributed by atoms with Crippen LogP contribution in [-0.2, 0) is 22.5 Å². The maximum atomic E-state index is 12.6. The molecule has 1 aromatic heterocycles. The monoisotopic (exact) mass is 392 g/mol. The SMILES string of the molecule is C[C@@H](OC(=O)c1ccccc1NCc1ccco1)C(=O)NCCc1ccccc1. The van der Waals surface area contributed by atoms with E-state index < -0.39 is 12.1 Å². The Hall–Kier alpha value is -3.54. The van der Waals surface area contributed by atoms with Crippen molar-refractivity contribution in [1.29, 1.82) is 0 Å². The summed E-state index contributed by atoms with van der Waals surface area (Å²) in [6.07, 6.45) is 1.42. The third-order valence-electron chi connectivity index (χ3n) is 4.39. The Balaban J connectivity index is 1.51. The van der Waals surface area contributed by atoms with E-state index in [-0.39, 0.29) is 5.91 Å². The summed E-state index contributed by atoms with van der Waals surface area (Å²) in [4.78, 5) is 24.8. The van der Waals surface area contributed by atoms with Gasteiger partial charge in [-0.05, 0) is 43.2 Å². The molecule has 0 saturated carbocycles. The van der Waals surface area contributed by atoms with Crippen molar-refractivity contribution in [3.05, 3.63) is 89.9 Å². The van der Waals surface area contributed by atoms with Gasteiger partial charge in [-0.2, -0.15) is 0 Å². The molecule has 2 N–H and O–H groups in total. The van der Waals surface area contributed by atoms with E-state index in [1.807, 2.05) is 42.5 Å². The third-order valence-corrected chi connectivity index (χ3v) is 4.39. The molecule has 0 unspecified atom stereocenters. The van der Waals surface area contributed by atoms with Crippen LogP contribution in [-0.4, -0.2) is 24.5 Å². The topological polar surface area (TPSA) is 80.6 Å². The van der Waals surface area contributed by atoms with Gasteiger partial charge in [-0.25, -0.2) is 4.79 Å². The van der Waals surface area contributed by atoms with Gasteiger partial charge in [0.05, 0.1) is 18.4 Å². The van der Waals surface area contributed by atoms with E-state index in [9.17, 15) is 9.59 Å². The van der Waals surface area contributed by atoms with Crippen LogP contribution in [0.2, 0.25) is 0 Å². The number of ether oxygens (including phenoxy) is 1. The van der Waals surface area contributed by atoms with Crippen LogP contribution in [0, 0.1) is 0 Å². The second kappa shape index (κ2) is 10.1. The Morgan fingerprint density at radius 3 is 2.52 bits per heavy atom. The molecule has 0 spiro atoms. The maximum Gasteiger partial charge on any atom is 0.341 e. The molecule has 6 heteroatoms. The average molecular weight is 392 g/mol. The molecule has 0 radical (unpaired) electrons. The molecule has 3 rings (SSSR count). The lowest BCUT2D eigenvalue weighted by molar-refractivity contribution is -0.129. The Morgan fingerprint density at radius 2 is 1.76 bits per heavy atom. The molecule has 150 valence electrons. The molecule has 1 heterocycles. The first-order chi connectivity index (χ1) is 14.1. The lowest BCUT2D eigenvalue weighted by Gasteiger charge is -2.15. The fraction of sp³-hybridized carbons (Fsp3) is 0.217. The van der Waals surface area contributed by atoms with Crippen molar-refractivity contribution >= 4 is 17.6 Å². The lowest BCUT2D eigenvalue weighted by atomic mass is 10.1. The zero-order chi connectivity index (χ0) is 20.5. The molecule has 1 atom stereocenters. The number of esters is 1. The zero-order valence-electron chi connectivity index (χ0n) is 16.3. The minimum atomic E-state index is -0.892. The minimum Gasteiger partial charge on any atom is -0.467 e. The second-order valence-corrected chi connectivity index (χ2v) is 6.55. The molecule has 0 aliphatic heterocycles. The number of benzene rings is 2. The largest absolute Gasteiger partial charge is 0.467 e. The number of amides is 1. The van der Waals surface area contributed by atoms with E-state index in [1.165, 1.54) is 0 Å². The Bertz CT molecular complexity index is 923. The van der Waals surface area contributed by atoms with Crippen molar-refractivity contribution in [3.63, 3.8) is 0 Å². The molecule has 0 bridgehead atoms. The fourth-order valence-corrected chi connectivity index (χ4v) is 2.81. The summed E-state index contributed by atoms with van der Waals surface area (Å²) >= 11 is 0.